The summed E-state index contributed by atoms with van der Waals surface area (Å²) in [5, 5.41) is 3.50. The number of hydrogen-bond donors (Lipinski definition) is 1. The molecule has 1 atom stereocenters. The largest absolute Gasteiger partial charge is 0.494 e. The predicted octanol–water partition coefficient (Wildman–Crippen LogP) is 4.03. The second-order valence-electron chi connectivity index (χ2n) is 5.29. The lowest BCUT2D eigenvalue weighted by molar-refractivity contribution is 0.317. The zero-order chi connectivity index (χ0) is 15.1. The van der Waals surface area contributed by atoms with Crippen LogP contribution in [0.3, 0.4) is 0 Å². The van der Waals surface area contributed by atoms with Gasteiger partial charge < -0.3 is 10.1 Å². The van der Waals surface area contributed by atoms with Crippen LogP contribution in [0.1, 0.15) is 43.3 Å². The molecule has 3 heteroatoms. The zero-order valence-electron chi connectivity index (χ0n) is 13.1. The minimum Gasteiger partial charge on any atom is -0.494 e. The van der Waals surface area contributed by atoms with Crippen molar-refractivity contribution in [3.8, 4) is 5.75 Å². The molecule has 1 aromatic carbocycles. The standard InChI is InChI=1S/C18H24N2O/c1-4-12-21-18-10-8-16(9-11-18)15(3)19-13-17-7-5-6-14(2)20-17/h5-11,15,19H,4,12-13H2,1-3H3. The minimum absolute atomic E-state index is 0.285. The van der Waals surface area contributed by atoms with Gasteiger partial charge in [0.15, 0.2) is 0 Å². The molecule has 1 unspecified atom stereocenters. The average Bonchev–Trinajstić information content (AvgIpc) is 2.51. The van der Waals surface area contributed by atoms with Gasteiger partial charge in [-0.3, -0.25) is 4.98 Å². The molecule has 1 heterocycles. The molecule has 2 rings (SSSR count). The molecule has 1 aromatic heterocycles. The molecule has 0 aliphatic heterocycles. The van der Waals surface area contributed by atoms with E-state index in [9.17, 15) is 0 Å². The molecule has 2 aromatic rings. The summed E-state index contributed by atoms with van der Waals surface area (Å²) >= 11 is 0. The van der Waals surface area contributed by atoms with E-state index in [1.54, 1.807) is 0 Å². The summed E-state index contributed by atoms with van der Waals surface area (Å²) in [6, 6.07) is 14.7. The first kappa shape index (κ1) is 15.5. The number of aryl methyl sites for hydroxylation is 1. The number of pyridine rings is 1. The summed E-state index contributed by atoms with van der Waals surface area (Å²) in [4.78, 5) is 4.50. The van der Waals surface area contributed by atoms with Gasteiger partial charge in [-0.2, -0.15) is 0 Å². The van der Waals surface area contributed by atoms with Crippen molar-refractivity contribution in [2.75, 3.05) is 6.61 Å². The number of nitrogens with zero attached hydrogens (tertiary/aromatic N) is 1. The second-order valence-corrected chi connectivity index (χ2v) is 5.29. The number of benzene rings is 1. The molecular formula is C18H24N2O. The Bertz CT molecular complexity index is 551. The molecule has 3 nitrogen and oxygen atoms in total. The van der Waals surface area contributed by atoms with E-state index in [-0.39, 0.29) is 6.04 Å². The first-order valence-electron chi connectivity index (χ1n) is 7.57. The van der Waals surface area contributed by atoms with Gasteiger partial charge in [0.1, 0.15) is 5.75 Å². The highest BCUT2D eigenvalue weighted by Crippen LogP contribution is 2.18. The van der Waals surface area contributed by atoms with E-state index < -0.39 is 0 Å². The summed E-state index contributed by atoms with van der Waals surface area (Å²) in [7, 11) is 0. The van der Waals surface area contributed by atoms with Crippen LogP contribution in [-0.2, 0) is 6.54 Å². The number of rotatable bonds is 7. The first-order chi connectivity index (χ1) is 10.2. The van der Waals surface area contributed by atoms with Crippen LogP contribution in [0.15, 0.2) is 42.5 Å². The zero-order valence-corrected chi connectivity index (χ0v) is 13.1. The third-order valence-electron chi connectivity index (χ3n) is 3.39. The Morgan fingerprint density at radius 3 is 2.57 bits per heavy atom. The minimum atomic E-state index is 0.285. The van der Waals surface area contributed by atoms with Gasteiger partial charge in [-0.1, -0.05) is 25.1 Å². The van der Waals surface area contributed by atoms with Crippen LogP contribution in [0.4, 0.5) is 0 Å². The SMILES string of the molecule is CCCOc1ccc(C(C)NCc2cccc(C)n2)cc1. The highest BCUT2D eigenvalue weighted by Gasteiger charge is 2.05. The van der Waals surface area contributed by atoms with Crippen LogP contribution in [0.25, 0.3) is 0 Å². The lowest BCUT2D eigenvalue weighted by Gasteiger charge is -2.15. The van der Waals surface area contributed by atoms with E-state index in [4.69, 9.17) is 4.74 Å². The van der Waals surface area contributed by atoms with Crippen molar-refractivity contribution < 1.29 is 4.74 Å². The number of ether oxygens (including phenoxy) is 1. The summed E-state index contributed by atoms with van der Waals surface area (Å²) in [6.45, 7) is 7.84. The van der Waals surface area contributed by atoms with Gasteiger partial charge in [0.25, 0.3) is 0 Å². The Morgan fingerprint density at radius 1 is 1.14 bits per heavy atom. The van der Waals surface area contributed by atoms with Gasteiger partial charge in [-0.05, 0) is 50.1 Å². The molecule has 1 N–H and O–H groups in total. The van der Waals surface area contributed by atoms with Crippen molar-refractivity contribution in [2.24, 2.45) is 0 Å². The van der Waals surface area contributed by atoms with Crippen LogP contribution >= 0.6 is 0 Å². The van der Waals surface area contributed by atoms with E-state index in [1.807, 2.05) is 31.2 Å². The average molecular weight is 284 g/mol. The van der Waals surface area contributed by atoms with Crippen LogP contribution in [-0.4, -0.2) is 11.6 Å². The van der Waals surface area contributed by atoms with Crippen molar-refractivity contribution in [3.63, 3.8) is 0 Å². The smallest absolute Gasteiger partial charge is 0.119 e. The first-order valence-corrected chi connectivity index (χ1v) is 7.57. The van der Waals surface area contributed by atoms with Gasteiger partial charge in [0, 0.05) is 18.3 Å². The molecular weight excluding hydrogens is 260 g/mol. The summed E-state index contributed by atoms with van der Waals surface area (Å²) < 4.78 is 5.60. The fraction of sp³-hybridized carbons (Fsp3) is 0.389. The molecule has 112 valence electrons. The highest BCUT2D eigenvalue weighted by molar-refractivity contribution is 5.29. The van der Waals surface area contributed by atoms with Crippen molar-refractivity contribution in [1.82, 2.24) is 10.3 Å². The van der Waals surface area contributed by atoms with Crippen LogP contribution in [0.2, 0.25) is 0 Å². The van der Waals surface area contributed by atoms with E-state index in [0.29, 0.717) is 0 Å². The normalized spacial score (nSPS) is 12.1. The van der Waals surface area contributed by atoms with Crippen LogP contribution in [0, 0.1) is 6.92 Å². The van der Waals surface area contributed by atoms with E-state index in [0.717, 1.165) is 36.7 Å². The predicted molar refractivity (Wildman–Crippen MR) is 86.5 cm³/mol. The number of aromatic nitrogens is 1. The Balaban J connectivity index is 1.89. The topological polar surface area (TPSA) is 34.1 Å². The third kappa shape index (κ3) is 4.87. The molecule has 21 heavy (non-hydrogen) atoms. The third-order valence-corrected chi connectivity index (χ3v) is 3.39. The van der Waals surface area contributed by atoms with E-state index >= 15 is 0 Å². The molecule has 0 aliphatic rings. The Morgan fingerprint density at radius 2 is 1.90 bits per heavy atom. The summed E-state index contributed by atoms with van der Waals surface area (Å²) in [5.41, 5.74) is 3.38. The maximum atomic E-state index is 5.60. The van der Waals surface area contributed by atoms with Crippen LogP contribution in [0.5, 0.6) is 5.75 Å². The Kier molecular flexibility index (Phi) is 5.76. The van der Waals surface area contributed by atoms with Gasteiger partial charge in [-0.15, -0.1) is 0 Å². The molecule has 0 saturated heterocycles. The maximum absolute atomic E-state index is 5.60. The molecule has 0 radical (unpaired) electrons. The molecule has 0 spiro atoms. The number of nitrogens with one attached hydrogen (secondary N) is 1. The van der Waals surface area contributed by atoms with Gasteiger partial charge in [0.05, 0.1) is 12.3 Å². The van der Waals surface area contributed by atoms with Crippen LogP contribution < -0.4 is 10.1 Å². The van der Waals surface area contributed by atoms with Crippen molar-refractivity contribution in [3.05, 3.63) is 59.4 Å². The molecule has 0 fully saturated rings. The van der Waals surface area contributed by atoms with E-state index in [2.05, 4.69) is 42.3 Å². The van der Waals surface area contributed by atoms with Crippen molar-refractivity contribution in [1.29, 1.82) is 0 Å². The molecule has 0 aliphatic carbocycles. The summed E-state index contributed by atoms with van der Waals surface area (Å²) in [6.07, 6.45) is 1.03. The Hall–Kier alpha value is -1.87. The quantitative estimate of drug-likeness (QED) is 0.833. The maximum Gasteiger partial charge on any atom is 0.119 e. The monoisotopic (exact) mass is 284 g/mol. The van der Waals surface area contributed by atoms with Crippen molar-refractivity contribution >= 4 is 0 Å². The second kappa shape index (κ2) is 7.79. The fourth-order valence-electron chi connectivity index (χ4n) is 2.15. The summed E-state index contributed by atoms with van der Waals surface area (Å²) in [5.74, 6) is 0.938. The van der Waals surface area contributed by atoms with E-state index in [1.165, 1.54) is 5.56 Å². The van der Waals surface area contributed by atoms with Gasteiger partial charge in [0.2, 0.25) is 0 Å². The van der Waals surface area contributed by atoms with Gasteiger partial charge in [-0.25, -0.2) is 0 Å². The number of hydrogen-bond acceptors (Lipinski definition) is 3. The highest BCUT2D eigenvalue weighted by atomic mass is 16.5. The molecule has 0 bridgehead atoms. The molecule has 0 amide bonds. The fourth-order valence-corrected chi connectivity index (χ4v) is 2.15. The lowest BCUT2D eigenvalue weighted by atomic mass is 10.1. The van der Waals surface area contributed by atoms with Crippen molar-refractivity contribution in [2.45, 2.75) is 39.8 Å². The molecule has 0 saturated carbocycles. The Labute approximate surface area is 127 Å². The lowest BCUT2D eigenvalue weighted by Crippen LogP contribution is -2.18. The van der Waals surface area contributed by atoms with Gasteiger partial charge >= 0.3 is 0 Å².